The van der Waals surface area contributed by atoms with Crippen molar-refractivity contribution < 1.29 is 9.47 Å². The zero-order valence-corrected chi connectivity index (χ0v) is 31.0. The van der Waals surface area contributed by atoms with Gasteiger partial charge in [0.1, 0.15) is 0 Å². The number of hydrogen-bond donors (Lipinski definition) is 0. The largest absolute Gasteiger partial charge is 0.344 e. The van der Waals surface area contributed by atoms with Gasteiger partial charge in [0, 0.05) is 25.9 Å². The van der Waals surface area contributed by atoms with E-state index in [2.05, 4.69) is 74.4 Å². The third-order valence-corrected chi connectivity index (χ3v) is 9.95. The number of ether oxygens (including phenoxy) is 2. The van der Waals surface area contributed by atoms with Crippen molar-refractivity contribution in [3.8, 4) is 0 Å². The van der Waals surface area contributed by atoms with Gasteiger partial charge in [0.05, 0.1) is 12.2 Å². The summed E-state index contributed by atoms with van der Waals surface area (Å²) in [6, 6.07) is 0. The average Bonchev–Trinajstić information content (AvgIpc) is 3.41. The van der Waals surface area contributed by atoms with E-state index >= 15 is 0 Å². The first-order valence-electron chi connectivity index (χ1n) is 20.3. The van der Waals surface area contributed by atoms with Gasteiger partial charge < -0.3 is 14.4 Å². The van der Waals surface area contributed by atoms with E-state index in [1.807, 2.05) is 0 Å². The lowest BCUT2D eigenvalue weighted by atomic mass is 9.98. The normalized spacial score (nSPS) is 20.3. The molecule has 2 saturated heterocycles. The van der Waals surface area contributed by atoms with Gasteiger partial charge in [0.25, 0.3) is 0 Å². The first-order chi connectivity index (χ1) is 22.7. The Morgan fingerprint density at radius 3 is 1.35 bits per heavy atom. The van der Waals surface area contributed by atoms with Crippen molar-refractivity contribution in [1.29, 1.82) is 0 Å². The Morgan fingerprint density at radius 1 is 0.500 bits per heavy atom. The summed E-state index contributed by atoms with van der Waals surface area (Å²) in [5.41, 5.74) is 0. The SMILES string of the molecule is CCCCC/C=C\C/C=C\CCCCCCCCC1(CCCCCCCC/C=C\C/C=C\CCCCC)O[C@H]2CN(C)CC[C@H]2O1. The van der Waals surface area contributed by atoms with Crippen LogP contribution in [0.5, 0.6) is 0 Å². The lowest BCUT2D eigenvalue weighted by Crippen LogP contribution is -2.43. The monoisotopic (exact) mass is 640 g/mol. The van der Waals surface area contributed by atoms with E-state index in [1.54, 1.807) is 0 Å². The highest BCUT2D eigenvalue weighted by molar-refractivity contribution is 4.94. The number of piperidine rings is 1. The lowest BCUT2D eigenvalue weighted by Gasteiger charge is -2.29. The Labute approximate surface area is 287 Å². The molecule has 0 spiro atoms. The molecule has 3 nitrogen and oxygen atoms in total. The van der Waals surface area contributed by atoms with Crippen LogP contribution in [0.3, 0.4) is 0 Å². The molecule has 0 aliphatic carbocycles. The third-order valence-electron chi connectivity index (χ3n) is 9.95. The summed E-state index contributed by atoms with van der Waals surface area (Å²) in [6.07, 6.45) is 53.8. The molecule has 3 heteroatoms. The van der Waals surface area contributed by atoms with E-state index in [-0.39, 0.29) is 11.9 Å². The standard InChI is InChI=1S/C43H77NO2/c1-4-6-8-10-12-14-16-18-20-22-24-26-28-30-32-34-37-43(45-41-36-39-44(3)40-42(41)46-43)38-35-33-31-29-27-25-23-21-19-17-15-13-11-9-7-5-2/h12-15,18-21,41-42H,4-11,16-17,22-40H2,1-3H3/b14-12-,15-13-,20-18-,21-19-/t41-,42+/m1/s1. The minimum absolute atomic E-state index is 0.271. The predicted molar refractivity (Wildman–Crippen MR) is 203 cm³/mol. The lowest BCUT2D eigenvalue weighted by molar-refractivity contribution is -0.185. The number of nitrogens with zero attached hydrogens (tertiary/aromatic N) is 1. The third kappa shape index (κ3) is 20.9. The summed E-state index contributed by atoms with van der Waals surface area (Å²) >= 11 is 0. The number of allylic oxidation sites excluding steroid dienone is 8. The maximum atomic E-state index is 6.78. The number of likely N-dealkylation sites (tertiary alicyclic amines) is 1. The van der Waals surface area contributed by atoms with E-state index < -0.39 is 0 Å². The van der Waals surface area contributed by atoms with Gasteiger partial charge in [-0.3, -0.25) is 0 Å². The van der Waals surface area contributed by atoms with E-state index in [0.29, 0.717) is 6.10 Å². The molecule has 0 radical (unpaired) electrons. The molecule has 2 atom stereocenters. The van der Waals surface area contributed by atoms with Crippen LogP contribution < -0.4 is 0 Å². The van der Waals surface area contributed by atoms with Crippen LogP contribution in [0.25, 0.3) is 0 Å². The van der Waals surface area contributed by atoms with Gasteiger partial charge in [-0.1, -0.05) is 140 Å². The summed E-state index contributed by atoms with van der Waals surface area (Å²) in [5.74, 6) is -0.314. The number of fused-ring (bicyclic) bond motifs is 1. The van der Waals surface area contributed by atoms with Gasteiger partial charge in [0.2, 0.25) is 0 Å². The molecule has 0 aromatic heterocycles. The highest BCUT2D eigenvalue weighted by atomic mass is 16.8. The summed E-state index contributed by atoms with van der Waals surface area (Å²) in [5, 5.41) is 0. The second-order valence-corrected chi connectivity index (χ2v) is 14.4. The van der Waals surface area contributed by atoms with Gasteiger partial charge in [-0.05, 0) is 90.5 Å². The second kappa shape index (κ2) is 28.8. The second-order valence-electron chi connectivity index (χ2n) is 14.4. The summed E-state index contributed by atoms with van der Waals surface area (Å²) in [6.45, 7) is 6.70. The van der Waals surface area contributed by atoms with E-state index in [9.17, 15) is 0 Å². The van der Waals surface area contributed by atoms with Crippen LogP contribution >= 0.6 is 0 Å². The van der Waals surface area contributed by atoms with E-state index in [4.69, 9.17) is 9.47 Å². The summed E-state index contributed by atoms with van der Waals surface area (Å²) < 4.78 is 13.6. The quantitative estimate of drug-likeness (QED) is 0.0576. The molecule has 0 aromatic carbocycles. The minimum Gasteiger partial charge on any atom is -0.344 e. The van der Waals surface area contributed by atoms with Crippen LogP contribution in [0.2, 0.25) is 0 Å². The number of unbranched alkanes of at least 4 members (excludes halogenated alkanes) is 18. The van der Waals surface area contributed by atoms with Gasteiger partial charge in [-0.2, -0.15) is 0 Å². The highest BCUT2D eigenvalue weighted by Crippen LogP contribution is 2.40. The molecular formula is C43H77NO2. The first-order valence-corrected chi connectivity index (χ1v) is 20.3. The van der Waals surface area contributed by atoms with Crippen molar-refractivity contribution in [3.63, 3.8) is 0 Å². The molecule has 0 N–H and O–H groups in total. The highest BCUT2D eigenvalue weighted by Gasteiger charge is 2.48. The fraction of sp³-hybridized carbons (Fsp3) is 0.814. The van der Waals surface area contributed by atoms with Crippen molar-refractivity contribution >= 4 is 0 Å². The topological polar surface area (TPSA) is 21.7 Å². The number of rotatable bonds is 30. The van der Waals surface area contributed by atoms with Crippen molar-refractivity contribution in [3.05, 3.63) is 48.6 Å². The van der Waals surface area contributed by atoms with E-state index in [1.165, 1.54) is 141 Å². The van der Waals surface area contributed by atoms with Crippen molar-refractivity contribution in [2.24, 2.45) is 0 Å². The Hall–Kier alpha value is -1.16. The molecule has 46 heavy (non-hydrogen) atoms. The van der Waals surface area contributed by atoms with Crippen LogP contribution in [-0.2, 0) is 9.47 Å². The zero-order chi connectivity index (χ0) is 32.8. The molecule has 266 valence electrons. The Morgan fingerprint density at radius 2 is 0.891 bits per heavy atom. The Bertz CT molecular complexity index is 751. The number of likely N-dealkylation sites (N-methyl/N-ethyl adjacent to an activating group) is 1. The summed E-state index contributed by atoms with van der Waals surface area (Å²) in [7, 11) is 2.23. The van der Waals surface area contributed by atoms with Gasteiger partial charge >= 0.3 is 0 Å². The maximum Gasteiger partial charge on any atom is 0.169 e. The Balaban J connectivity index is 1.53. The van der Waals surface area contributed by atoms with Crippen LogP contribution in [0.4, 0.5) is 0 Å². The van der Waals surface area contributed by atoms with Gasteiger partial charge in [-0.25, -0.2) is 0 Å². The fourth-order valence-corrected chi connectivity index (χ4v) is 7.00. The van der Waals surface area contributed by atoms with Crippen LogP contribution in [0.15, 0.2) is 48.6 Å². The van der Waals surface area contributed by atoms with Crippen molar-refractivity contribution in [1.82, 2.24) is 4.90 Å². The molecule has 0 amide bonds. The molecule has 2 aliphatic heterocycles. The molecule has 0 bridgehead atoms. The van der Waals surface area contributed by atoms with Crippen molar-refractivity contribution in [2.75, 3.05) is 20.1 Å². The first kappa shape index (κ1) is 41.0. The summed E-state index contributed by atoms with van der Waals surface area (Å²) in [4.78, 5) is 2.42. The minimum atomic E-state index is -0.314. The van der Waals surface area contributed by atoms with Crippen molar-refractivity contribution in [2.45, 2.75) is 205 Å². The molecule has 2 fully saturated rings. The number of hydrogen-bond acceptors (Lipinski definition) is 3. The molecular weight excluding hydrogens is 562 g/mol. The van der Waals surface area contributed by atoms with Gasteiger partial charge in [-0.15, -0.1) is 0 Å². The molecule has 2 aliphatic rings. The smallest absolute Gasteiger partial charge is 0.169 e. The maximum absolute atomic E-state index is 6.78. The molecule has 0 saturated carbocycles. The Kier molecular flexibility index (Phi) is 25.7. The van der Waals surface area contributed by atoms with E-state index in [0.717, 1.165) is 45.2 Å². The molecule has 0 aromatic rings. The predicted octanol–water partition coefficient (Wildman–Crippen LogP) is 13.2. The fourth-order valence-electron chi connectivity index (χ4n) is 7.00. The van der Waals surface area contributed by atoms with Crippen LogP contribution in [-0.4, -0.2) is 43.0 Å². The molecule has 2 rings (SSSR count). The van der Waals surface area contributed by atoms with Crippen LogP contribution in [0.1, 0.15) is 187 Å². The zero-order valence-electron chi connectivity index (χ0n) is 31.0. The average molecular weight is 640 g/mol. The van der Waals surface area contributed by atoms with Gasteiger partial charge in [0.15, 0.2) is 5.79 Å². The molecule has 2 heterocycles. The molecule has 0 unspecified atom stereocenters. The van der Waals surface area contributed by atoms with Crippen LogP contribution in [0, 0.1) is 0 Å².